The Labute approximate surface area is 227 Å². The molecule has 4 amide bonds. The summed E-state index contributed by atoms with van der Waals surface area (Å²) < 4.78 is 10.9. The van der Waals surface area contributed by atoms with E-state index in [1.54, 1.807) is 17.0 Å². The Kier molecular flexibility index (Phi) is 6.64. The van der Waals surface area contributed by atoms with E-state index in [4.69, 9.17) is 9.47 Å². The maximum atomic E-state index is 14.3. The first-order chi connectivity index (χ1) is 18.5. The minimum absolute atomic E-state index is 0.00131. The Bertz CT molecular complexity index is 1240. The molecule has 4 aliphatic rings. The number of amides is 4. The van der Waals surface area contributed by atoms with E-state index < -0.39 is 41.1 Å². The first-order valence-corrected chi connectivity index (χ1v) is 13.3. The molecule has 6 atom stereocenters. The van der Waals surface area contributed by atoms with E-state index in [0.717, 1.165) is 19.3 Å². The normalized spacial score (nSPS) is 30.1. The number of nitrogens with zero attached hydrogens (tertiary/aromatic N) is 4. The summed E-state index contributed by atoms with van der Waals surface area (Å²) in [6, 6.07) is 2.89. The van der Waals surface area contributed by atoms with Crippen molar-refractivity contribution in [3.05, 3.63) is 18.3 Å². The number of methoxy groups -OCH3 is 1. The molecule has 2 N–H and O–H groups in total. The lowest BCUT2D eigenvalue weighted by Gasteiger charge is -2.37. The minimum atomic E-state index is -1.44. The molecule has 0 unspecified atom stereocenters. The molecule has 1 aromatic rings. The smallest absolute Gasteiger partial charge is 0.407 e. The SMILES string of the molecule is COC(=O)N[C@H](C(=O)N1C[C@@H]2CCC[C@@H]2[C@H]1C(=O)N1C[C@@]2(C[C@H]1C#N)Oc1cccnc1NC2=O)C(C)(C)C. The van der Waals surface area contributed by atoms with Crippen LogP contribution >= 0.6 is 0 Å². The highest BCUT2D eigenvalue weighted by Gasteiger charge is 2.59. The van der Waals surface area contributed by atoms with Crippen LogP contribution in [0.4, 0.5) is 10.6 Å². The summed E-state index contributed by atoms with van der Waals surface area (Å²) in [5, 5.41) is 15.4. The third-order valence-corrected chi connectivity index (χ3v) is 8.47. The molecule has 1 aromatic heterocycles. The van der Waals surface area contributed by atoms with E-state index in [2.05, 4.69) is 21.7 Å². The van der Waals surface area contributed by atoms with Gasteiger partial charge in [-0.15, -0.1) is 0 Å². The number of pyridine rings is 1. The third-order valence-electron chi connectivity index (χ3n) is 8.47. The summed E-state index contributed by atoms with van der Waals surface area (Å²) in [5.41, 5.74) is -2.09. The van der Waals surface area contributed by atoms with Crippen LogP contribution in [0.5, 0.6) is 5.75 Å². The van der Waals surface area contributed by atoms with Crippen LogP contribution in [0.25, 0.3) is 0 Å². The quantitative estimate of drug-likeness (QED) is 0.589. The molecule has 0 radical (unpaired) electrons. The number of alkyl carbamates (subject to hydrolysis) is 1. The molecule has 12 heteroatoms. The van der Waals surface area contributed by atoms with Crippen molar-refractivity contribution in [2.75, 3.05) is 25.5 Å². The number of hydrogen-bond donors (Lipinski definition) is 2. The van der Waals surface area contributed by atoms with E-state index in [-0.39, 0.29) is 36.6 Å². The molecule has 3 fully saturated rings. The number of aromatic nitrogens is 1. The predicted octanol–water partition coefficient (Wildman–Crippen LogP) is 1.67. The lowest BCUT2D eigenvalue weighted by atomic mass is 9.85. The molecule has 1 saturated carbocycles. The maximum absolute atomic E-state index is 14.3. The number of nitrogens with one attached hydrogen (secondary N) is 2. The number of hydrogen-bond acceptors (Lipinski definition) is 8. The van der Waals surface area contributed by atoms with Gasteiger partial charge in [-0.2, -0.15) is 5.26 Å². The van der Waals surface area contributed by atoms with Gasteiger partial charge in [-0.1, -0.05) is 27.2 Å². The van der Waals surface area contributed by atoms with Gasteiger partial charge in [-0.25, -0.2) is 9.78 Å². The molecule has 3 aliphatic heterocycles. The van der Waals surface area contributed by atoms with Gasteiger partial charge < -0.3 is 29.9 Å². The van der Waals surface area contributed by atoms with Crippen molar-refractivity contribution in [1.82, 2.24) is 20.1 Å². The van der Waals surface area contributed by atoms with Crippen LogP contribution in [0.15, 0.2) is 18.3 Å². The third kappa shape index (κ3) is 4.53. The van der Waals surface area contributed by atoms with Crippen LogP contribution < -0.4 is 15.4 Å². The maximum Gasteiger partial charge on any atom is 0.407 e. The van der Waals surface area contributed by atoms with Crippen molar-refractivity contribution in [2.24, 2.45) is 17.3 Å². The first-order valence-electron chi connectivity index (χ1n) is 13.3. The van der Waals surface area contributed by atoms with Crippen LogP contribution in [0.2, 0.25) is 0 Å². The number of ether oxygens (including phenoxy) is 2. The van der Waals surface area contributed by atoms with Crippen LogP contribution in [0, 0.1) is 28.6 Å². The standard InChI is InChI=1S/C27H34N6O6/c1-26(2,3)20(30-25(37)38-4)23(35)32-13-15-7-5-8-17(15)19(32)22(34)33-14-27(11-16(33)12-28)24(36)31-21-18(39-27)9-6-10-29-21/h6,9-10,15-17,19-20H,5,7-8,11,13-14H2,1-4H3,(H,30,37)(H,29,31,36)/t15-,16-,17-,19-,20+,27+/m0/s1. The van der Waals surface area contributed by atoms with E-state index in [9.17, 15) is 24.4 Å². The topological polar surface area (TPSA) is 154 Å². The molecule has 0 bridgehead atoms. The fourth-order valence-electron chi connectivity index (χ4n) is 6.51. The van der Waals surface area contributed by atoms with Gasteiger partial charge in [0.2, 0.25) is 17.4 Å². The van der Waals surface area contributed by atoms with Gasteiger partial charge in [0, 0.05) is 19.2 Å². The van der Waals surface area contributed by atoms with E-state index in [0.29, 0.717) is 18.1 Å². The summed E-state index contributed by atoms with van der Waals surface area (Å²) in [5.74, 6) is -0.460. The summed E-state index contributed by atoms with van der Waals surface area (Å²) >= 11 is 0. The highest BCUT2D eigenvalue weighted by molar-refractivity contribution is 6.01. The Morgan fingerprint density at radius 3 is 2.77 bits per heavy atom. The molecular formula is C27H34N6O6. The summed E-state index contributed by atoms with van der Waals surface area (Å²) in [6.07, 6.45) is 3.42. The Hall–Kier alpha value is -3.88. The highest BCUT2D eigenvalue weighted by Crippen LogP contribution is 2.45. The molecule has 12 nitrogen and oxygen atoms in total. The zero-order chi connectivity index (χ0) is 28.1. The lowest BCUT2D eigenvalue weighted by Crippen LogP contribution is -2.59. The van der Waals surface area contributed by atoms with Crippen molar-refractivity contribution in [1.29, 1.82) is 5.26 Å². The lowest BCUT2D eigenvalue weighted by molar-refractivity contribution is -0.148. The fourth-order valence-corrected chi connectivity index (χ4v) is 6.51. The van der Waals surface area contributed by atoms with Crippen molar-refractivity contribution in [3.63, 3.8) is 0 Å². The van der Waals surface area contributed by atoms with Gasteiger partial charge in [0.05, 0.1) is 19.7 Å². The van der Waals surface area contributed by atoms with Gasteiger partial charge in [-0.3, -0.25) is 14.4 Å². The van der Waals surface area contributed by atoms with Crippen LogP contribution in [0.3, 0.4) is 0 Å². The number of likely N-dealkylation sites (tertiary alicyclic amines) is 2. The molecule has 5 rings (SSSR count). The second-order valence-electron chi connectivity index (χ2n) is 11.9. The number of anilines is 1. The van der Waals surface area contributed by atoms with Gasteiger partial charge >= 0.3 is 6.09 Å². The average molecular weight is 539 g/mol. The number of carbonyl (C=O) groups is 4. The van der Waals surface area contributed by atoms with Gasteiger partial charge in [-0.05, 0) is 42.2 Å². The van der Waals surface area contributed by atoms with Gasteiger partial charge in [0.1, 0.15) is 18.1 Å². The van der Waals surface area contributed by atoms with Crippen molar-refractivity contribution in [3.8, 4) is 11.8 Å². The Morgan fingerprint density at radius 2 is 2.08 bits per heavy atom. The number of rotatable bonds is 3. The van der Waals surface area contributed by atoms with Crippen LogP contribution in [-0.2, 0) is 19.1 Å². The summed E-state index contributed by atoms with van der Waals surface area (Å²) in [6.45, 7) is 5.77. The summed E-state index contributed by atoms with van der Waals surface area (Å²) in [7, 11) is 1.23. The molecule has 1 aliphatic carbocycles. The minimum Gasteiger partial charge on any atom is -0.472 e. The Morgan fingerprint density at radius 1 is 1.31 bits per heavy atom. The number of carbonyl (C=O) groups excluding carboxylic acids is 4. The number of nitriles is 1. The summed E-state index contributed by atoms with van der Waals surface area (Å²) in [4.78, 5) is 60.6. The van der Waals surface area contributed by atoms with Crippen molar-refractivity contribution < 1.29 is 28.7 Å². The molecule has 208 valence electrons. The van der Waals surface area contributed by atoms with E-state index in [1.165, 1.54) is 18.2 Å². The monoisotopic (exact) mass is 538 g/mol. The zero-order valence-corrected chi connectivity index (χ0v) is 22.6. The van der Waals surface area contributed by atoms with Crippen molar-refractivity contribution >= 4 is 29.6 Å². The molecule has 39 heavy (non-hydrogen) atoms. The number of fused-ring (bicyclic) bond motifs is 2. The van der Waals surface area contributed by atoms with E-state index in [1.807, 2.05) is 20.8 Å². The largest absolute Gasteiger partial charge is 0.472 e. The zero-order valence-electron chi connectivity index (χ0n) is 22.6. The molecule has 4 heterocycles. The molecule has 1 spiro atoms. The fraction of sp³-hybridized carbons (Fsp3) is 0.630. The van der Waals surface area contributed by atoms with E-state index >= 15 is 0 Å². The molecular weight excluding hydrogens is 504 g/mol. The Balaban J connectivity index is 1.45. The van der Waals surface area contributed by atoms with Gasteiger partial charge in [0.25, 0.3) is 5.91 Å². The van der Waals surface area contributed by atoms with Gasteiger partial charge in [0.15, 0.2) is 11.6 Å². The van der Waals surface area contributed by atoms with Crippen molar-refractivity contribution in [2.45, 2.75) is 70.2 Å². The average Bonchev–Trinajstić information content (AvgIpc) is 3.60. The second-order valence-corrected chi connectivity index (χ2v) is 11.9. The van der Waals surface area contributed by atoms with Crippen LogP contribution in [-0.4, -0.2) is 82.5 Å². The predicted molar refractivity (Wildman–Crippen MR) is 137 cm³/mol. The molecule has 0 aromatic carbocycles. The first kappa shape index (κ1) is 26.7. The molecule has 2 saturated heterocycles. The second kappa shape index (κ2) is 9.70. The highest BCUT2D eigenvalue weighted by atomic mass is 16.5. The van der Waals surface area contributed by atoms with Crippen LogP contribution in [0.1, 0.15) is 46.5 Å².